The maximum absolute atomic E-state index is 13.2. The van der Waals surface area contributed by atoms with Gasteiger partial charge in [0.1, 0.15) is 10.6 Å². The van der Waals surface area contributed by atoms with Crippen molar-refractivity contribution >= 4 is 15.9 Å². The number of morpholine rings is 1. The summed E-state index contributed by atoms with van der Waals surface area (Å²) in [5, 5.41) is 0. The van der Waals surface area contributed by atoms with Crippen LogP contribution in [0.4, 0.5) is 0 Å². The van der Waals surface area contributed by atoms with Gasteiger partial charge in [0.25, 0.3) is 0 Å². The van der Waals surface area contributed by atoms with E-state index in [1.54, 1.807) is 18.2 Å². The molecule has 1 atom stereocenters. The Balaban J connectivity index is 2.25. The summed E-state index contributed by atoms with van der Waals surface area (Å²) in [6.45, 7) is 8.48. The van der Waals surface area contributed by atoms with Gasteiger partial charge in [-0.2, -0.15) is 4.31 Å². The summed E-state index contributed by atoms with van der Waals surface area (Å²) in [5.41, 5.74) is 0.682. The van der Waals surface area contributed by atoms with E-state index in [1.807, 2.05) is 4.90 Å². The van der Waals surface area contributed by atoms with Crippen molar-refractivity contribution in [1.82, 2.24) is 9.21 Å². The summed E-state index contributed by atoms with van der Waals surface area (Å²) in [6, 6.07) is 5.19. The van der Waals surface area contributed by atoms with Crippen LogP contribution in [0.2, 0.25) is 0 Å². The van der Waals surface area contributed by atoms with Crippen molar-refractivity contribution in [3.8, 4) is 5.75 Å². The largest absolute Gasteiger partial charge is 0.495 e. The van der Waals surface area contributed by atoms with Gasteiger partial charge in [-0.15, -0.1) is 0 Å². The fraction of sp³-hybridized carbons (Fsp3) is 0.696. The third kappa shape index (κ3) is 6.92. The third-order valence-electron chi connectivity index (χ3n) is 5.73. The van der Waals surface area contributed by atoms with Crippen LogP contribution in [0.15, 0.2) is 23.1 Å². The average molecular weight is 455 g/mol. The number of methoxy groups -OCH3 is 1. The molecule has 31 heavy (non-hydrogen) atoms. The van der Waals surface area contributed by atoms with Gasteiger partial charge in [-0.05, 0) is 37.5 Å². The van der Waals surface area contributed by atoms with Crippen LogP contribution < -0.4 is 4.74 Å². The lowest BCUT2D eigenvalue weighted by Crippen LogP contribution is -2.41. The zero-order chi connectivity index (χ0) is 22.9. The number of amides is 1. The van der Waals surface area contributed by atoms with Crippen LogP contribution in [0.25, 0.3) is 0 Å². The monoisotopic (exact) mass is 454 g/mol. The molecule has 1 amide bonds. The minimum atomic E-state index is -3.72. The molecule has 0 spiro atoms. The number of unbranched alkanes of at least 4 members (excludes halogenated alkanes) is 2. The SMILES string of the molecule is CCCCCN(C(=O)Cc1ccc(OC)c(S(=O)(=O)N2CCOCC2)c1)C(C)CCC. The lowest BCUT2D eigenvalue weighted by Gasteiger charge is -2.30. The molecular weight excluding hydrogens is 416 g/mol. The second kappa shape index (κ2) is 12.4. The summed E-state index contributed by atoms with van der Waals surface area (Å²) >= 11 is 0. The van der Waals surface area contributed by atoms with Gasteiger partial charge in [-0.3, -0.25) is 4.79 Å². The molecule has 1 saturated heterocycles. The maximum Gasteiger partial charge on any atom is 0.246 e. The smallest absolute Gasteiger partial charge is 0.246 e. The van der Waals surface area contributed by atoms with Crippen LogP contribution in [0, 0.1) is 0 Å². The first-order valence-corrected chi connectivity index (χ1v) is 12.8. The Bertz CT molecular complexity index is 806. The highest BCUT2D eigenvalue weighted by Crippen LogP contribution is 2.29. The first-order chi connectivity index (χ1) is 14.8. The summed E-state index contributed by atoms with van der Waals surface area (Å²) < 4.78 is 38.4. The van der Waals surface area contributed by atoms with E-state index in [4.69, 9.17) is 9.47 Å². The summed E-state index contributed by atoms with van der Waals surface area (Å²) in [5.74, 6) is 0.332. The normalized spacial score (nSPS) is 16.1. The van der Waals surface area contributed by atoms with E-state index < -0.39 is 10.0 Å². The molecule has 0 radical (unpaired) electrons. The molecular formula is C23H38N2O5S. The fourth-order valence-corrected chi connectivity index (χ4v) is 5.55. The second-order valence-corrected chi connectivity index (χ2v) is 10.0. The van der Waals surface area contributed by atoms with Gasteiger partial charge in [0.15, 0.2) is 0 Å². The number of ether oxygens (including phenoxy) is 2. The van der Waals surface area contributed by atoms with Gasteiger partial charge in [0.05, 0.1) is 26.7 Å². The minimum absolute atomic E-state index is 0.0388. The highest BCUT2D eigenvalue weighted by atomic mass is 32.2. The average Bonchev–Trinajstić information content (AvgIpc) is 2.77. The molecule has 1 unspecified atom stereocenters. The van der Waals surface area contributed by atoms with Crippen LogP contribution in [0.3, 0.4) is 0 Å². The fourth-order valence-electron chi connectivity index (χ4n) is 3.93. The molecule has 0 aliphatic carbocycles. The molecule has 1 aromatic rings. The molecule has 0 saturated carbocycles. The van der Waals surface area contributed by atoms with E-state index in [2.05, 4.69) is 20.8 Å². The molecule has 0 N–H and O–H groups in total. The van der Waals surface area contributed by atoms with Crippen molar-refractivity contribution in [2.24, 2.45) is 0 Å². The Kier molecular flexibility index (Phi) is 10.3. The molecule has 2 rings (SSSR count). The van der Waals surface area contributed by atoms with Crippen molar-refractivity contribution in [2.75, 3.05) is 40.0 Å². The zero-order valence-corrected chi connectivity index (χ0v) is 20.2. The Morgan fingerprint density at radius 3 is 2.52 bits per heavy atom. The topological polar surface area (TPSA) is 76.2 Å². The Morgan fingerprint density at radius 1 is 1.19 bits per heavy atom. The van der Waals surface area contributed by atoms with E-state index in [-0.39, 0.29) is 23.3 Å². The molecule has 8 heteroatoms. The van der Waals surface area contributed by atoms with Gasteiger partial charge in [-0.1, -0.05) is 39.2 Å². The summed E-state index contributed by atoms with van der Waals surface area (Å²) in [7, 11) is -2.26. The quantitative estimate of drug-likeness (QED) is 0.452. The number of hydrogen-bond acceptors (Lipinski definition) is 5. The molecule has 1 aliphatic heterocycles. The van der Waals surface area contributed by atoms with Gasteiger partial charge >= 0.3 is 0 Å². The van der Waals surface area contributed by atoms with Gasteiger partial charge in [-0.25, -0.2) is 8.42 Å². The van der Waals surface area contributed by atoms with E-state index >= 15 is 0 Å². The number of carbonyl (C=O) groups is 1. The van der Waals surface area contributed by atoms with Crippen LogP contribution in [-0.2, 0) is 26.0 Å². The van der Waals surface area contributed by atoms with Crippen LogP contribution in [-0.4, -0.2) is 69.5 Å². The molecule has 176 valence electrons. The Morgan fingerprint density at radius 2 is 1.90 bits per heavy atom. The number of hydrogen-bond donors (Lipinski definition) is 0. The van der Waals surface area contributed by atoms with Crippen molar-refractivity contribution in [3.63, 3.8) is 0 Å². The standard InChI is InChI=1S/C23H38N2O5S/c1-5-7-8-12-25(19(3)9-6-2)23(26)18-20-10-11-21(29-4)22(17-20)31(27,28)24-13-15-30-16-14-24/h10-11,17,19H,5-9,12-16,18H2,1-4H3. The Labute approximate surface area is 187 Å². The van der Waals surface area contributed by atoms with Crippen molar-refractivity contribution in [1.29, 1.82) is 0 Å². The third-order valence-corrected chi connectivity index (χ3v) is 7.65. The molecule has 7 nitrogen and oxygen atoms in total. The molecule has 1 aromatic carbocycles. The summed E-state index contributed by atoms with van der Waals surface area (Å²) in [6.07, 6.45) is 5.32. The van der Waals surface area contributed by atoms with Crippen molar-refractivity contribution in [2.45, 2.75) is 70.2 Å². The van der Waals surface area contributed by atoms with E-state index in [0.29, 0.717) is 37.6 Å². The maximum atomic E-state index is 13.2. The number of nitrogens with zero attached hydrogens (tertiary/aromatic N) is 2. The first-order valence-electron chi connectivity index (χ1n) is 11.4. The van der Waals surface area contributed by atoms with Gasteiger partial charge in [0.2, 0.25) is 15.9 Å². The van der Waals surface area contributed by atoms with Crippen LogP contribution in [0.1, 0.15) is 58.4 Å². The second-order valence-electron chi connectivity index (χ2n) is 8.11. The first kappa shape index (κ1) is 25.6. The van der Waals surface area contributed by atoms with Crippen molar-refractivity contribution in [3.05, 3.63) is 23.8 Å². The minimum Gasteiger partial charge on any atom is -0.495 e. The molecule has 0 bridgehead atoms. The lowest BCUT2D eigenvalue weighted by molar-refractivity contribution is -0.132. The number of benzene rings is 1. The lowest BCUT2D eigenvalue weighted by atomic mass is 10.1. The zero-order valence-electron chi connectivity index (χ0n) is 19.4. The molecule has 1 aliphatic rings. The predicted molar refractivity (Wildman–Crippen MR) is 122 cm³/mol. The van der Waals surface area contributed by atoms with Gasteiger partial charge in [0, 0.05) is 25.7 Å². The van der Waals surface area contributed by atoms with E-state index in [0.717, 1.165) is 38.6 Å². The Hall–Kier alpha value is -1.64. The van der Waals surface area contributed by atoms with Gasteiger partial charge < -0.3 is 14.4 Å². The number of sulfonamides is 1. The van der Waals surface area contributed by atoms with E-state index in [1.165, 1.54) is 11.4 Å². The van der Waals surface area contributed by atoms with Crippen LogP contribution >= 0.6 is 0 Å². The number of carbonyl (C=O) groups excluding carboxylic acids is 1. The number of rotatable bonds is 12. The van der Waals surface area contributed by atoms with E-state index in [9.17, 15) is 13.2 Å². The summed E-state index contributed by atoms with van der Waals surface area (Å²) in [4.78, 5) is 15.2. The molecule has 1 fully saturated rings. The molecule has 1 heterocycles. The molecule has 0 aromatic heterocycles. The highest BCUT2D eigenvalue weighted by molar-refractivity contribution is 7.89. The highest BCUT2D eigenvalue weighted by Gasteiger charge is 2.30. The predicted octanol–water partition coefficient (Wildman–Crippen LogP) is 3.47. The van der Waals surface area contributed by atoms with Crippen LogP contribution in [0.5, 0.6) is 5.75 Å². The van der Waals surface area contributed by atoms with Crippen molar-refractivity contribution < 1.29 is 22.7 Å².